The maximum Gasteiger partial charge on any atom is 0.407 e. The molecule has 0 fully saturated rings. The van der Waals surface area contributed by atoms with E-state index < -0.39 is 23.7 Å². The van der Waals surface area contributed by atoms with Crippen LogP contribution in [-0.2, 0) is 0 Å². The summed E-state index contributed by atoms with van der Waals surface area (Å²) in [5.41, 5.74) is 4.48. The minimum absolute atomic E-state index is 0.380. The smallest absolute Gasteiger partial charge is 0.407 e. The number of benzene rings is 1. The van der Waals surface area contributed by atoms with Crippen LogP contribution in [0, 0.1) is 0 Å². The molecular formula is C8H8F3NO2. The third-order valence-electron chi connectivity index (χ3n) is 1.64. The van der Waals surface area contributed by atoms with Gasteiger partial charge in [0.1, 0.15) is 17.5 Å². The van der Waals surface area contributed by atoms with Crippen LogP contribution in [0.4, 0.5) is 13.2 Å². The van der Waals surface area contributed by atoms with Gasteiger partial charge in [-0.05, 0) is 17.7 Å². The lowest BCUT2D eigenvalue weighted by molar-refractivity contribution is -0.149. The normalized spacial score (nSPS) is 14.0. The Morgan fingerprint density at radius 3 is 1.86 bits per heavy atom. The fourth-order valence-corrected chi connectivity index (χ4v) is 0.987. The van der Waals surface area contributed by atoms with Crippen molar-refractivity contribution in [2.45, 2.75) is 12.2 Å². The van der Waals surface area contributed by atoms with Gasteiger partial charge in [0.05, 0.1) is 0 Å². The molecule has 1 atom stereocenters. The maximum atomic E-state index is 12.1. The summed E-state index contributed by atoms with van der Waals surface area (Å²) >= 11 is 0. The van der Waals surface area contributed by atoms with Crippen molar-refractivity contribution in [1.29, 1.82) is 0 Å². The Bertz CT molecular complexity index is 318. The van der Waals surface area contributed by atoms with Crippen molar-refractivity contribution >= 4 is 0 Å². The van der Waals surface area contributed by atoms with Gasteiger partial charge >= 0.3 is 6.18 Å². The lowest BCUT2D eigenvalue weighted by Crippen LogP contribution is -2.28. The van der Waals surface area contributed by atoms with Crippen LogP contribution in [-0.4, -0.2) is 16.4 Å². The van der Waals surface area contributed by atoms with Gasteiger partial charge in [-0.3, -0.25) is 0 Å². The van der Waals surface area contributed by atoms with Gasteiger partial charge in [0, 0.05) is 6.07 Å². The lowest BCUT2D eigenvalue weighted by Gasteiger charge is -2.16. The highest BCUT2D eigenvalue weighted by atomic mass is 19.4. The van der Waals surface area contributed by atoms with E-state index in [2.05, 4.69) is 0 Å². The van der Waals surface area contributed by atoms with E-state index in [9.17, 15) is 13.2 Å². The molecule has 0 amide bonds. The molecule has 78 valence electrons. The molecule has 4 N–H and O–H groups in total. The maximum absolute atomic E-state index is 12.1. The van der Waals surface area contributed by atoms with Gasteiger partial charge < -0.3 is 15.9 Å². The lowest BCUT2D eigenvalue weighted by atomic mass is 10.1. The minimum Gasteiger partial charge on any atom is -0.508 e. The van der Waals surface area contributed by atoms with Crippen LogP contribution < -0.4 is 5.73 Å². The first kappa shape index (κ1) is 10.6. The number of nitrogens with two attached hydrogens (primary N) is 1. The summed E-state index contributed by atoms with van der Waals surface area (Å²) in [7, 11) is 0. The number of halogens is 3. The molecule has 0 aliphatic carbocycles. The van der Waals surface area contributed by atoms with Crippen LogP contribution in [0.25, 0.3) is 0 Å². The summed E-state index contributed by atoms with van der Waals surface area (Å²) in [6.07, 6.45) is -4.60. The predicted molar refractivity (Wildman–Crippen MR) is 42.8 cm³/mol. The Labute approximate surface area is 77.6 Å². The van der Waals surface area contributed by atoms with E-state index in [1.807, 2.05) is 0 Å². The molecule has 0 saturated heterocycles. The Morgan fingerprint density at radius 1 is 1.07 bits per heavy atom. The first-order valence-corrected chi connectivity index (χ1v) is 3.66. The second-order valence-corrected chi connectivity index (χ2v) is 2.80. The van der Waals surface area contributed by atoms with Crippen molar-refractivity contribution in [1.82, 2.24) is 0 Å². The molecule has 0 aliphatic heterocycles. The number of phenols is 2. The molecular weight excluding hydrogens is 199 g/mol. The van der Waals surface area contributed by atoms with E-state index in [-0.39, 0.29) is 5.56 Å². The zero-order chi connectivity index (χ0) is 10.9. The first-order valence-electron chi connectivity index (χ1n) is 3.66. The number of aromatic hydroxyl groups is 2. The zero-order valence-electron chi connectivity index (χ0n) is 6.92. The number of hydrogen-bond donors (Lipinski definition) is 3. The summed E-state index contributed by atoms with van der Waals surface area (Å²) in [6.45, 7) is 0. The molecule has 0 heterocycles. The molecule has 0 bridgehead atoms. The molecule has 0 aliphatic rings. The Hall–Kier alpha value is -1.43. The van der Waals surface area contributed by atoms with E-state index in [0.717, 1.165) is 18.2 Å². The number of rotatable bonds is 1. The largest absolute Gasteiger partial charge is 0.508 e. The van der Waals surface area contributed by atoms with Gasteiger partial charge in [0.25, 0.3) is 0 Å². The van der Waals surface area contributed by atoms with Crippen LogP contribution in [0.1, 0.15) is 11.6 Å². The molecule has 0 radical (unpaired) electrons. The van der Waals surface area contributed by atoms with E-state index in [1.54, 1.807) is 0 Å². The average Bonchev–Trinajstić information content (AvgIpc) is 1.99. The predicted octanol–water partition coefficient (Wildman–Crippen LogP) is 1.66. The standard InChI is InChI=1S/C8H8F3NO2/c9-8(10,11)7(12)4-1-5(13)3-6(14)2-4/h1-3,7,13-14H,12H2/t7-/m1/s1. The van der Waals surface area contributed by atoms with Crippen LogP contribution >= 0.6 is 0 Å². The average molecular weight is 207 g/mol. The summed E-state index contributed by atoms with van der Waals surface area (Å²) in [6, 6.07) is 0.433. The highest BCUT2D eigenvalue weighted by Gasteiger charge is 2.38. The van der Waals surface area contributed by atoms with Crippen molar-refractivity contribution in [3.05, 3.63) is 23.8 Å². The molecule has 1 aromatic rings. The topological polar surface area (TPSA) is 66.5 Å². The van der Waals surface area contributed by atoms with Crippen molar-refractivity contribution in [2.75, 3.05) is 0 Å². The van der Waals surface area contributed by atoms with Gasteiger partial charge in [-0.1, -0.05) is 0 Å². The van der Waals surface area contributed by atoms with Crippen molar-refractivity contribution in [2.24, 2.45) is 5.73 Å². The Kier molecular flexibility index (Phi) is 2.57. The van der Waals surface area contributed by atoms with Gasteiger partial charge in [-0.2, -0.15) is 13.2 Å². The highest BCUT2D eigenvalue weighted by Crippen LogP contribution is 2.33. The fourth-order valence-electron chi connectivity index (χ4n) is 0.987. The summed E-state index contributed by atoms with van der Waals surface area (Å²) in [5, 5.41) is 17.9. The van der Waals surface area contributed by atoms with E-state index >= 15 is 0 Å². The molecule has 3 nitrogen and oxygen atoms in total. The molecule has 14 heavy (non-hydrogen) atoms. The van der Waals surface area contributed by atoms with Crippen molar-refractivity contribution in [3.8, 4) is 11.5 Å². The summed E-state index contributed by atoms with van der Waals surface area (Å²) in [4.78, 5) is 0. The molecule has 1 rings (SSSR count). The molecule has 0 spiro atoms. The van der Waals surface area contributed by atoms with E-state index in [4.69, 9.17) is 15.9 Å². The first-order chi connectivity index (χ1) is 6.30. The summed E-state index contributed by atoms with van der Waals surface area (Å²) < 4.78 is 36.3. The molecule has 0 aromatic heterocycles. The molecule has 6 heteroatoms. The Morgan fingerprint density at radius 2 is 1.50 bits per heavy atom. The van der Waals surface area contributed by atoms with Crippen LogP contribution in [0.5, 0.6) is 11.5 Å². The zero-order valence-corrected chi connectivity index (χ0v) is 6.92. The van der Waals surface area contributed by atoms with Crippen molar-refractivity contribution in [3.63, 3.8) is 0 Å². The number of hydrogen-bond acceptors (Lipinski definition) is 3. The molecule has 0 unspecified atom stereocenters. The quantitative estimate of drug-likeness (QED) is 0.656. The van der Waals surface area contributed by atoms with Crippen LogP contribution in [0.3, 0.4) is 0 Å². The van der Waals surface area contributed by atoms with Crippen LogP contribution in [0.15, 0.2) is 18.2 Å². The second kappa shape index (κ2) is 3.38. The molecule has 0 saturated carbocycles. The fraction of sp³-hybridized carbons (Fsp3) is 0.250. The van der Waals surface area contributed by atoms with Gasteiger partial charge in [-0.15, -0.1) is 0 Å². The second-order valence-electron chi connectivity index (χ2n) is 2.80. The third-order valence-corrected chi connectivity index (χ3v) is 1.64. The van der Waals surface area contributed by atoms with Gasteiger partial charge in [0.2, 0.25) is 0 Å². The van der Waals surface area contributed by atoms with Crippen LogP contribution in [0.2, 0.25) is 0 Å². The summed E-state index contributed by atoms with van der Waals surface area (Å²) in [5.74, 6) is -0.917. The highest BCUT2D eigenvalue weighted by molar-refractivity contribution is 5.38. The number of phenolic OH excluding ortho intramolecular Hbond substituents is 2. The van der Waals surface area contributed by atoms with E-state index in [0.29, 0.717) is 0 Å². The monoisotopic (exact) mass is 207 g/mol. The van der Waals surface area contributed by atoms with E-state index in [1.165, 1.54) is 0 Å². The van der Waals surface area contributed by atoms with Gasteiger partial charge in [-0.25, -0.2) is 0 Å². The molecule has 1 aromatic carbocycles. The number of alkyl halides is 3. The minimum atomic E-state index is -4.60. The SMILES string of the molecule is N[C@H](c1cc(O)cc(O)c1)C(F)(F)F. The van der Waals surface area contributed by atoms with Crippen molar-refractivity contribution < 1.29 is 23.4 Å². The third kappa shape index (κ3) is 2.29. The Balaban J connectivity index is 3.07. The van der Waals surface area contributed by atoms with Gasteiger partial charge in [0.15, 0.2) is 0 Å².